The molecular formula is C12H15NO2S. The summed E-state index contributed by atoms with van der Waals surface area (Å²) in [5.41, 5.74) is -0.287. The number of thiol groups is 1. The molecule has 4 heteroatoms. The normalized spacial score (nSPS) is 36.4. The lowest BCUT2D eigenvalue weighted by Gasteiger charge is -2.37. The number of carbonyl (C=O) groups is 1. The van der Waals surface area contributed by atoms with Crippen LogP contribution in [0.3, 0.4) is 0 Å². The highest BCUT2D eigenvalue weighted by Crippen LogP contribution is 2.49. The SMILES string of the molecule is O=C1O[C@@H]2C=CC=CC2C12CCN(S)CC2. The van der Waals surface area contributed by atoms with Gasteiger partial charge in [0, 0.05) is 19.0 Å². The van der Waals surface area contributed by atoms with E-state index in [2.05, 4.69) is 18.9 Å². The van der Waals surface area contributed by atoms with Crippen LogP contribution in [0.1, 0.15) is 12.8 Å². The molecule has 0 aromatic heterocycles. The zero-order valence-corrected chi connectivity index (χ0v) is 9.90. The van der Waals surface area contributed by atoms with Crippen LogP contribution in [0.25, 0.3) is 0 Å². The van der Waals surface area contributed by atoms with Gasteiger partial charge in [0.2, 0.25) is 0 Å². The van der Waals surface area contributed by atoms with Crippen molar-refractivity contribution >= 4 is 18.8 Å². The molecule has 2 heterocycles. The van der Waals surface area contributed by atoms with Gasteiger partial charge in [-0.3, -0.25) is 9.10 Å². The number of allylic oxidation sites excluding steroid dienone is 2. The number of hydrogen-bond acceptors (Lipinski definition) is 4. The molecule has 0 radical (unpaired) electrons. The van der Waals surface area contributed by atoms with Gasteiger partial charge in [-0.1, -0.05) is 31.0 Å². The van der Waals surface area contributed by atoms with Crippen molar-refractivity contribution in [3.8, 4) is 0 Å². The standard InChI is InChI=1S/C12H15NO2S/c14-11-12(5-7-13(16)8-6-12)9-3-1-2-4-10(9)15-11/h1-4,9-10,16H,5-8H2/t9?,10-/m1/s1. The van der Waals surface area contributed by atoms with Crippen molar-refractivity contribution in [3.63, 3.8) is 0 Å². The van der Waals surface area contributed by atoms with Crippen LogP contribution in [-0.2, 0) is 9.53 Å². The Labute approximate surface area is 101 Å². The Kier molecular flexibility index (Phi) is 2.37. The molecule has 86 valence electrons. The maximum atomic E-state index is 12.1. The average Bonchev–Trinajstić information content (AvgIpc) is 2.57. The number of fused-ring (bicyclic) bond motifs is 2. The van der Waals surface area contributed by atoms with Crippen molar-refractivity contribution < 1.29 is 9.53 Å². The molecule has 0 N–H and O–H groups in total. The Morgan fingerprint density at radius 1 is 1.31 bits per heavy atom. The van der Waals surface area contributed by atoms with Crippen LogP contribution in [0.5, 0.6) is 0 Å². The van der Waals surface area contributed by atoms with E-state index in [-0.39, 0.29) is 23.4 Å². The van der Waals surface area contributed by atoms with E-state index in [1.54, 1.807) is 0 Å². The third kappa shape index (κ3) is 1.36. The summed E-state index contributed by atoms with van der Waals surface area (Å²) in [4.78, 5) is 12.1. The Bertz CT molecular complexity index is 369. The largest absolute Gasteiger partial charge is 0.457 e. The molecule has 2 atom stereocenters. The van der Waals surface area contributed by atoms with Crippen LogP contribution in [0.15, 0.2) is 24.3 Å². The highest BCUT2D eigenvalue weighted by Gasteiger charge is 2.56. The molecule has 3 rings (SSSR count). The Morgan fingerprint density at radius 3 is 2.75 bits per heavy atom. The van der Waals surface area contributed by atoms with Gasteiger partial charge in [-0.05, 0) is 18.9 Å². The predicted molar refractivity (Wildman–Crippen MR) is 63.9 cm³/mol. The van der Waals surface area contributed by atoms with E-state index in [4.69, 9.17) is 4.74 Å². The molecule has 2 fully saturated rings. The van der Waals surface area contributed by atoms with E-state index in [0.717, 1.165) is 25.9 Å². The van der Waals surface area contributed by atoms with E-state index in [0.29, 0.717) is 0 Å². The number of hydrogen-bond donors (Lipinski definition) is 1. The smallest absolute Gasteiger partial charge is 0.313 e. The van der Waals surface area contributed by atoms with Crippen molar-refractivity contribution in [2.45, 2.75) is 18.9 Å². The molecular weight excluding hydrogens is 222 g/mol. The van der Waals surface area contributed by atoms with E-state index >= 15 is 0 Å². The first kappa shape index (κ1) is 10.4. The molecule has 0 amide bonds. The summed E-state index contributed by atoms with van der Waals surface area (Å²) in [6.07, 6.45) is 9.78. The zero-order chi connectivity index (χ0) is 11.2. The minimum absolute atomic E-state index is 0.0138. The fraction of sp³-hybridized carbons (Fsp3) is 0.583. The summed E-state index contributed by atoms with van der Waals surface area (Å²) in [5, 5.41) is 0. The van der Waals surface area contributed by atoms with Crippen LogP contribution in [0.2, 0.25) is 0 Å². The molecule has 2 saturated heterocycles. The van der Waals surface area contributed by atoms with Gasteiger partial charge in [-0.25, -0.2) is 0 Å². The Balaban J connectivity index is 1.91. The molecule has 1 unspecified atom stereocenters. The highest BCUT2D eigenvalue weighted by molar-refractivity contribution is 7.77. The lowest BCUT2D eigenvalue weighted by molar-refractivity contribution is -0.149. The minimum Gasteiger partial charge on any atom is -0.457 e. The summed E-state index contributed by atoms with van der Waals surface area (Å²) in [7, 11) is 0. The van der Waals surface area contributed by atoms with Crippen LogP contribution in [0, 0.1) is 11.3 Å². The second-order valence-electron chi connectivity index (χ2n) is 4.78. The molecule has 0 aromatic carbocycles. The molecule has 1 aliphatic carbocycles. The monoisotopic (exact) mass is 237 g/mol. The second-order valence-corrected chi connectivity index (χ2v) is 5.34. The number of piperidine rings is 1. The first-order valence-corrected chi connectivity index (χ1v) is 6.12. The number of rotatable bonds is 0. The van der Waals surface area contributed by atoms with Crippen molar-refractivity contribution in [1.82, 2.24) is 4.31 Å². The molecule has 3 aliphatic rings. The number of nitrogens with zero attached hydrogens (tertiary/aromatic N) is 1. The zero-order valence-electron chi connectivity index (χ0n) is 9.00. The molecule has 3 nitrogen and oxygen atoms in total. The summed E-state index contributed by atoms with van der Waals surface area (Å²) >= 11 is 4.33. The maximum absolute atomic E-state index is 12.1. The van der Waals surface area contributed by atoms with Gasteiger partial charge in [0.05, 0.1) is 5.41 Å². The second kappa shape index (κ2) is 3.64. The fourth-order valence-electron chi connectivity index (χ4n) is 3.01. The molecule has 0 aromatic rings. The van der Waals surface area contributed by atoms with Crippen molar-refractivity contribution in [2.75, 3.05) is 13.1 Å². The number of ether oxygens (including phenoxy) is 1. The van der Waals surface area contributed by atoms with Gasteiger partial charge in [-0.2, -0.15) is 0 Å². The Hall–Kier alpha value is -0.740. The summed E-state index contributed by atoms with van der Waals surface area (Å²) in [6.45, 7) is 1.72. The molecule has 0 saturated carbocycles. The van der Waals surface area contributed by atoms with Crippen LogP contribution in [-0.4, -0.2) is 29.5 Å². The highest BCUT2D eigenvalue weighted by atomic mass is 32.1. The third-order valence-corrected chi connectivity index (χ3v) is 4.40. The van der Waals surface area contributed by atoms with E-state index in [1.165, 1.54) is 0 Å². The summed E-state index contributed by atoms with van der Waals surface area (Å²) < 4.78 is 7.45. The van der Waals surface area contributed by atoms with Crippen molar-refractivity contribution in [2.24, 2.45) is 11.3 Å². The van der Waals surface area contributed by atoms with Crippen molar-refractivity contribution in [1.29, 1.82) is 0 Å². The number of carbonyl (C=O) groups excluding carboxylic acids is 1. The average molecular weight is 237 g/mol. The number of esters is 1. The summed E-state index contributed by atoms with van der Waals surface area (Å²) in [6, 6.07) is 0. The quantitative estimate of drug-likeness (QED) is 0.512. The van der Waals surface area contributed by atoms with Gasteiger partial charge in [0.1, 0.15) is 6.10 Å². The predicted octanol–water partition coefficient (Wildman–Crippen LogP) is 1.58. The molecule has 1 spiro atoms. The van der Waals surface area contributed by atoms with E-state index in [1.807, 2.05) is 22.5 Å². The Morgan fingerprint density at radius 2 is 2.00 bits per heavy atom. The molecule has 16 heavy (non-hydrogen) atoms. The van der Waals surface area contributed by atoms with Gasteiger partial charge in [0.15, 0.2) is 0 Å². The van der Waals surface area contributed by atoms with Gasteiger partial charge in [0.25, 0.3) is 0 Å². The first-order valence-electron chi connectivity index (χ1n) is 5.72. The van der Waals surface area contributed by atoms with E-state index in [9.17, 15) is 4.79 Å². The van der Waals surface area contributed by atoms with Gasteiger partial charge < -0.3 is 4.74 Å². The lowest BCUT2D eigenvalue weighted by Crippen LogP contribution is -2.43. The van der Waals surface area contributed by atoms with Crippen molar-refractivity contribution in [3.05, 3.63) is 24.3 Å². The van der Waals surface area contributed by atoms with Crippen LogP contribution < -0.4 is 0 Å². The maximum Gasteiger partial charge on any atom is 0.313 e. The van der Waals surface area contributed by atoms with Gasteiger partial charge in [-0.15, -0.1) is 0 Å². The third-order valence-electron chi connectivity index (χ3n) is 4.00. The summed E-state index contributed by atoms with van der Waals surface area (Å²) in [5.74, 6) is 0.215. The first-order chi connectivity index (χ1) is 7.72. The lowest BCUT2D eigenvalue weighted by atomic mass is 9.68. The molecule has 0 bridgehead atoms. The van der Waals surface area contributed by atoms with E-state index < -0.39 is 0 Å². The van der Waals surface area contributed by atoms with Crippen LogP contribution in [0.4, 0.5) is 0 Å². The molecule has 2 aliphatic heterocycles. The van der Waals surface area contributed by atoms with Gasteiger partial charge >= 0.3 is 5.97 Å². The van der Waals surface area contributed by atoms with Crippen LogP contribution >= 0.6 is 12.8 Å². The fourth-order valence-corrected chi connectivity index (χ4v) is 3.21. The minimum atomic E-state index is -0.287. The topological polar surface area (TPSA) is 29.5 Å².